The lowest BCUT2D eigenvalue weighted by Crippen LogP contribution is -1.86. The fourth-order valence-electron chi connectivity index (χ4n) is 0.693. The molecule has 2 heteroatoms. The lowest BCUT2D eigenvalue weighted by Gasteiger charge is -1.97. The molecule has 0 aliphatic heterocycles. The Bertz CT molecular complexity index is 234. The zero-order valence-corrected chi connectivity index (χ0v) is 7.50. The molecule has 2 nitrogen and oxygen atoms in total. The number of rotatable bonds is 4. The van der Waals surface area contributed by atoms with E-state index >= 15 is 0 Å². The van der Waals surface area contributed by atoms with Crippen LogP contribution in [0.25, 0.3) is 0 Å². The van der Waals surface area contributed by atoms with Gasteiger partial charge in [0.05, 0.1) is 5.76 Å². The molecule has 0 aromatic heterocycles. The van der Waals surface area contributed by atoms with Gasteiger partial charge in [0.15, 0.2) is 5.78 Å². The van der Waals surface area contributed by atoms with Crippen LogP contribution in [0.2, 0.25) is 0 Å². The Hall–Kier alpha value is -1.31. The zero-order chi connectivity index (χ0) is 9.56. The first-order valence-electron chi connectivity index (χ1n) is 3.85. The van der Waals surface area contributed by atoms with Crippen molar-refractivity contribution in [2.24, 2.45) is 0 Å². The van der Waals surface area contributed by atoms with Crippen LogP contribution in [0.15, 0.2) is 36.1 Å². The van der Waals surface area contributed by atoms with Gasteiger partial charge in [0.25, 0.3) is 0 Å². The average Bonchev–Trinajstić information content (AvgIpc) is 2.04. The Morgan fingerprint density at radius 3 is 2.42 bits per heavy atom. The van der Waals surface area contributed by atoms with Gasteiger partial charge in [-0.15, -0.1) is 0 Å². The highest BCUT2D eigenvalue weighted by molar-refractivity contribution is 5.87. The van der Waals surface area contributed by atoms with Gasteiger partial charge in [0.1, 0.15) is 0 Å². The van der Waals surface area contributed by atoms with E-state index in [-0.39, 0.29) is 11.5 Å². The second kappa shape index (κ2) is 5.35. The molecule has 12 heavy (non-hydrogen) atoms. The molecule has 66 valence electrons. The largest absolute Gasteiger partial charge is 0.512 e. The molecule has 0 saturated heterocycles. The topological polar surface area (TPSA) is 37.3 Å². The monoisotopic (exact) mass is 166 g/mol. The summed E-state index contributed by atoms with van der Waals surface area (Å²) in [5.41, 5.74) is 0.604. The minimum Gasteiger partial charge on any atom is -0.512 e. The van der Waals surface area contributed by atoms with Gasteiger partial charge < -0.3 is 5.11 Å². The van der Waals surface area contributed by atoms with Crippen LogP contribution in [0.4, 0.5) is 0 Å². The average molecular weight is 166 g/mol. The number of ketones is 1. The quantitative estimate of drug-likeness (QED) is 0.396. The second-order valence-corrected chi connectivity index (χ2v) is 2.40. The Kier molecular flexibility index (Phi) is 4.77. The Morgan fingerprint density at radius 1 is 1.50 bits per heavy atom. The van der Waals surface area contributed by atoms with Crippen LogP contribution in [-0.2, 0) is 4.79 Å². The molecule has 0 saturated carbocycles. The summed E-state index contributed by atoms with van der Waals surface area (Å²) in [5, 5.41) is 9.28. The van der Waals surface area contributed by atoms with Crippen LogP contribution in [0.3, 0.4) is 0 Å². The van der Waals surface area contributed by atoms with Crippen LogP contribution < -0.4 is 0 Å². The lowest BCUT2D eigenvalue weighted by atomic mass is 10.1. The molecule has 0 fully saturated rings. The first kappa shape index (κ1) is 10.7. The molecule has 0 aliphatic carbocycles. The van der Waals surface area contributed by atoms with Crippen molar-refractivity contribution in [2.45, 2.75) is 20.3 Å². The van der Waals surface area contributed by atoms with Crippen molar-refractivity contribution in [1.29, 1.82) is 0 Å². The van der Waals surface area contributed by atoms with Gasteiger partial charge in [-0.05, 0) is 19.1 Å². The molecule has 0 heterocycles. The molecule has 0 aromatic rings. The predicted octanol–water partition coefficient (Wildman–Crippen LogP) is 2.54. The van der Waals surface area contributed by atoms with Gasteiger partial charge in [-0.3, -0.25) is 4.79 Å². The van der Waals surface area contributed by atoms with Gasteiger partial charge in [-0.2, -0.15) is 0 Å². The summed E-state index contributed by atoms with van der Waals surface area (Å²) in [6, 6.07) is 0. The van der Waals surface area contributed by atoms with Gasteiger partial charge in [-0.1, -0.05) is 19.6 Å². The maximum atomic E-state index is 10.5. The molecule has 0 atom stereocenters. The van der Waals surface area contributed by atoms with Crippen LogP contribution >= 0.6 is 0 Å². The number of carbonyl (C=O) groups is 1. The van der Waals surface area contributed by atoms with Crippen molar-refractivity contribution in [2.75, 3.05) is 0 Å². The minimum absolute atomic E-state index is 0.0433. The zero-order valence-electron chi connectivity index (χ0n) is 7.50. The maximum absolute atomic E-state index is 10.5. The highest BCUT2D eigenvalue weighted by Crippen LogP contribution is 2.07. The van der Waals surface area contributed by atoms with E-state index in [0.717, 1.165) is 0 Å². The number of carbonyl (C=O) groups excluding carboxylic acids is 1. The predicted molar refractivity (Wildman–Crippen MR) is 50.0 cm³/mol. The smallest absolute Gasteiger partial charge is 0.152 e. The van der Waals surface area contributed by atoms with Crippen molar-refractivity contribution in [3.05, 3.63) is 36.1 Å². The molecular formula is C10H14O2. The molecular weight excluding hydrogens is 152 g/mol. The van der Waals surface area contributed by atoms with Crippen LogP contribution in [0.1, 0.15) is 20.3 Å². The number of aliphatic hydroxyl groups is 1. The molecule has 0 spiro atoms. The van der Waals surface area contributed by atoms with Gasteiger partial charge in [0, 0.05) is 12.0 Å². The number of allylic oxidation sites excluding steroid dienone is 5. The molecule has 0 amide bonds. The van der Waals surface area contributed by atoms with Gasteiger partial charge >= 0.3 is 0 Å². The summed E-state index contributed by atoms with van der Waals surface area (Å²) in [4.78, 5) is 10.5. The molecule has 0 radical (unpaired) electrons. The summed E-state index contributed by atoms with van der Waals surface area (Å²) in [6.45, 7) is 6.82. The van der Waals surface area contributed by atoms with Crippen molar-refractivity contribution in [1.82, 2.24) is 0 Å². The Morgan fingerprint density at radius 2 is 2.08 bits per heavy atom. The van der Waals surface area contributed by atoms with Crippen LogP contribution in [0, 0.1) is 0 Å². The third-order valence-electron chi connectivity index (χ3n) is 1.39. The lowest BCUT2D eigenvalue weighted by molar-refractivity contribution is -0.112. The fraction of sp³-hybridized carbons (Fsp3) is 0.300. The van der Waals surface area contributed by atoms with E-state index in [2.05, 4.69) is 6.58 Å². The van der Waals surface area contributed by atoms with E-state index in [1.807, 2.05) is 6.92 Å². The van der Waals surface area contributed by atoms with Crippen molar-refractivity contribution in [3.63, 3.8) is 0 Å². The summed E-state index contributed by atoms with van der Waals surface area (Å²) < 4.78 is 0. The summed E-state index contributed by atoms with van der Waals surface area (Å²) in [6.07, 6.45) is 5.04. The molecule has 0 aliphatic rings. The number of hydrogen-bond acceptors (Lipinski definition) is 2. The van der Waals surface area contributed by atoms with Crippen molar-refractivity contribution in [3.8, 4) is 0 Å². The molecule has 0 unspecified atom stereocenters. The van der Waals surface area contributed by atoms with Crippen molar-refractivity contribution < 1.29 is 9.90 Å². The van der Waals surface area contributed by atoms with Crippen LogP contribution in [-0.4, -0.2) is 10.9 Å². The highest BCUT2D eigenvalue weighted by Gasteiger charge is 1.94. The SMILES string of the molecule is C=CC(C=CC(C)=O)=C(O)CC. The molecule has 0 bridgehead atoms. The summed E-state index contributed by atoms with van der Waals surface area (Å²) >= 11 is 0. The molecule has 1 N–H and O–H groups in total. The maximum Gasteiger partial charge on any atom is 0.152 e. The summed E-state index contributed by atoms with van der Waals surface area (Å²) in [5.74, 6) is 0.209. The normalized spacial score (nSPS) is 12.8. The van der Waals surface area contributed by atoms with E-state index in [1.54, 1.807) is 6.08 Å². The standard InChI is InChI=1S/C10H14O2/c1-4-9(10(12)5-2)7-6-8(3)11/h4,6-7,12H,1,5H2,2-3H3. The fourth-order valence-corrected chi connectivity index (χ4v) is 0.693. The first-order valence-corrected chi connectivity index (χ1v) is 3.85. The van der Waals surface area contributed by atoms with E-state index in [0.29, 0.717) is 12.0 Å². The minimum atomic E-state index is -0.0433. The van der Waals surface area contributed by atoms with Gasteiger partial charge in [-0.25, -0.2) is 0 Å². The van der Waals surface area contributed by atoms with E-state index in [1.165, 1.54) is 19.1 Å². The van der Waals surface area contributed by atoms with Gasteiger partial charge in [0.2, 0.25) is 0 Å². The van der Waals surface area contributed by atoms with Crippen LogP contribution in [0.5, 0.6) is 0 Å². The summed E-state index contributed by atoms with van der Waals surface area (Å²) in [7, 11) is 0. The van der Waals surface area contributed by atoms with Crippen molar-refractivity contribution >= 4 is 5.78 Å². The third kappa shape index (κ3) is 3.76. The Labute approximate surface area is 72.9 Å². The molecule has 0 rings (SSSR count). The second-order valence-electron chi connectivity index (χ2n) is 2.40. The van der Waals surface area contributed by atoms with E-state index in [4.69, 9.17) is 0 Å². The highest BCUT2D eigenvalue weighted by atomic mass is 16.3. The molecule has 0 aromatic carbocycles. The number of hydrogen-bond donors (Lipinski definition) is 1. The third-order valence-corrected chi connectivity index (χ3v) is 1.39. The Balaban J connectivity index is 4.58. The number of aliphatic hydroxyl groups excluding tert-OH is 1. The first-order chi connectivity index (χ1) is 5.61. The van der Waals surface area contributed by atoms with E-state index in [9.17, 15) is 9.90 Å². The van der Waals surface area contributed by atoms with E-state index < -0.39 is 0 Å².